The molecular weight excluding hydrogens is 208 g/mol. The molecule has 0 saturated carbocycles. The van der Waals surface area contributed by atoms with Gasteiger partial charge in [0.15, 0.2) is 0 Å². The third-order valence-corrected chi connectivity index (χ3v) is 3.44. The van der Waals surface area contributed by atoms with E-state index in [9.17, 15) is 4.79 Å². The Morgan fingerprint density at radius 3 is 3.07 bits per heavy atom. The summed E-state index contributed by atoms with van der Waals surface area (Å²) in [6.07, 6.45) is 5.57. The van der Waals surface area contributed by atoms with Crippen molar-refractivity contribution in [3.05, 3.63) is 0 Å². The molecule has 0 aliphatic carbocycles. The lowest BCUT2D eigenvalue weighted by Crippen LogP contribution is -2.45. The first-order chi connectivity index (χ1) is 7.24. The molecule has 1 heterocycles. The average Bonchev–Trinajstić information content (AvgIpc) is 2.24. The van der Waals surface area contributed by atoms with Crippen LogP contribution < -0.4 is 5.32 Å². The van der Waals surface area contributed by atoms with E-state index in [4.69, 9.17) is 0 Å². The minimum atomic E-state index is 0.127. The quantitative estimate of drug-likeness (QED) is 0.751. The van der Waals surface area contributed by atoms with E-state index >= 15 is 0 Å². The maximum atomic E-state index is 11.7. The van der Waals surface area contributed by atoms with E-state index in [1.807, 2.05) is 16.7 Å². The van der Waals surface area contributed by atoms with Crippen LogP contribution in [0.2, 0.25) is 0 Å². The highest BCUT2D eigenvalue weighted by molar-refractivity contribution is 7.98. The fraction of sp³-hybridized carbons (Fsp3) is 0.909. The molecule has 2 amide bonds. The molecule has 0 bridgehead atoms. The standard InChI is InChI=1S/C11H22N2OS/c1-10-5-3-7-13(9-10)11(14)12-6-4-8-15-2/h10H,3-9H2,1-2H3,(H,12,14). The van der Waals surface area contributed by atoms with Crippen LogP contribution in [-0.2, 0) is 0 Å². The summed E-state index contributed by atoms with van der Waals surface area (Å²) in [4.78, 5) is 13.7. The molecule has 1 aliphatic rings. The average molecular weight is 230 g/mol. The zero-order chi connectivity index (χ0) is 11.1. The third-order valence-electron chi connectivity index (χ3n) is 2.75. The number of carbonyl (C=O) groups is 1. The number of urea groups is 1. The summed E-state index contributed by atoms with van der Waals surface area (Å²) < 4.78 is 0. The minimum absolute atomic E-state index is 0.127. The van der Waals surface area contributed by atoms with Crippen molar-refractivity contribution in [1.29, 1.82) is 0 Å². The van der Waals surface area contributed by atoms with Crippen molar-refractivity contribution in [1.82, 2.24) is 10.2 Å². The van der Waals surface area contributed by atoms with Crippen molar-refractivity contribution in [2.24, 2.45) is 5.92 Å². The molecule has 1 rings (SSSR count). The van der Waals surface area contributed by atoms with Crippen LogP contribution in [0.3, 0.4) is 0 Å². The van der Waals surface area contributed by atoms with Crippen molar-refractivity contribution < 1.29 is 4.79 Å². The van der Waals surface area contributed by atoms with Crippen LogP contribution >= 0.6 is 11.8 Å². The second kappa shape index (κ2) is 6.99. The SMILES string of the molecule is CSCCCNC(=O)N1CCCC(C)C1. The lowest BCUT2D eigenvalue weighted by molar-refractivity contribution is 0.170. The van der Waals surface area contributed by atoms with Crippen molar-refractivity contribution in [3.63, 3.8) is 0 Å². The molecule has 0 aromatic heterocycles. The molecule has 0 aromatic carbocycles. The monoisotopic (exact) mass is 230 g/mol. The van der Waals surface area contributed by atoms with Gasteiger partial charge in [-0.15, -0.1) is 0 Å². The highest BCUT2D eigenvalue weighted by Gasteiger charge is 2.19. The van der Waals surface area contributed by atoms with Crippen LogP contribution in [0.1, 0.15) is 26.2 Å². The van der Waals surface area contributed by atoms with E-state index in [1.165, 1.54) is 6.42 Å². The number of amides is 2. The molecule has 1 unspecified atom stereocenters. The molecule has 0 radical (unpaired) electrons. The van der Waals surface area contributed by atoms with Gasteiger partial charge in [0.05, 0.1) is 0 Å². The summed E-state index contributed by atoms with van der Waals surface area (Å²) in [7, 11) is 0. The fourth-order valence-corrected chi connectivity index (χ4v) is 2.33. The van der Waals surface area contributed by atoms with Gasteiger partial charge in [0.25, 0.3) is 0 Å². The van der Waals surface area contributed by atoms with Crippen LogP contribution in [0.15, 0.2) is 0 Å². The molecule has 3 nitrogen and oxygen atoms in total. The second-order valence-corrected chi connectivity index (χ2v) is 5.26. The number of piperidine rings is 1. The number of hydrogen-bond donors (Lipinski definition) is 1. The highest BCUT2D eigenvalue weighted by Crippen LogP contribution is 2.15. The lowest BCUT2D eigenvalue weighted by atomic mass is 10.0. The van der Waals surface area contributed by atoms with Gasteiger partial charge in [-0.2, -0.15) is 11.8 Å². The van der Waals surface area contributed by atoms with E-state index in [0.29, 0.717) is 5.92 Å². The maximum Gasteiger partial charge on any atom is 0.317 e. The second-order valence-electron chi connectivity index (χ2n) is 4.27. The van der Waals surface area contributed by atoms with Crippen LogP contribution in [0.4, 0.5) is 4.79 Å². The molecule has 1 N–H and O–H groups in total. The first-order valence-electron chi connectivity index (χ1n) is 5.75. The summed E-state index contributed by atoms with van der Waals surface area (Å²) in [5, 5.41) is 2.98. The number of thioether (sulfide) groups is 1. The Bertz CT molecular complexity index is 199. The Morgan fingerprint density at radius 2 is 2.40 bits per heavy atom. The minimum Gasteiger partial charge on any atom is -0.338 e. The number of carbonyl (C=O) groups excluding carboxylic acids is 1. The molecule has 15 heavy (non-hydrogen) atoms. The zero-order valence-corrected chi connectivity index (χ0v) is 10.6. The molecule has 0 spiro atoms. The van der Waals surface area contributed by atoms with Crippen LogP contribution in [0, 0.1) is 5.92 Å². The summed E-state index contributed by atoms with van der Waals surface area (Å²) in [5.41, 5.74) is 0. The van der Waals surface area contributed by atoms with Gasteiger partial charge < -0.3 is 10.2 Å². The number of nitrogens with zero attached hydrogens (tertiary/aromatic N) is 1. The van der Waals surface area contributed by atoms with Crippen molar-refractivity contribution in [2.45, 2.75) is 26.2 Å². The first kappa shape index (κ1) is 12.7. The number of likely N-dealkylation sites (tertiary alicyclic amines) is 1. The molecule has 4 heteroatoms. The van der Waals surface area contributed by atoms with E-state index in [1.54, 1.807) is 0 Å². The number of rotatable bonds is 4. The van der Waals surface area contributed by atoms with Crippen LogP contribution in [0.25, 0.3) is 0 Å². The van der Waals surface area contributed by atoms with Crippen molar-refractivity contribution in [2.75, 3.05) is 31.6 Å². The summed E-state index contributed by atoms with van der Waals surface area (Å²) >= 11 is 1.82. The Hall–Kier alpha value is -0.380. The van der Waals surface area contributed by atoms with Crippen LogP contribution in [0.5, 0.6) is 0 Å². The van der Waals surface area contributed by atoms with E-state index in [-0.39, 0.29) is 6.03 Å². The Morgan fingerprint density at radius 1 is 1.60 bits per heavy atom. The predicted octanol–water partition coefficient (Wildman–Crippen LogP) is 2.18. The summed E-state index contributed by atoms with van der Waals surface area (Å²) in [6, 6.07) is 0.127. The zero-order valence-electron chi connectivity index (χ0n) is 9.79. The Labute approximate surface area is 97.0 Å². The van der Waals surface area contributed by atoms with Crippen molar-refractivity contribution in [3.8, 4) is 0 Å². The lowest BCUT2D eigenvalue weighted by Gasteiger charge is -2.30. The molecule has 1 saturated heterocycles. The van der Waals surface area contributed by atoms with E-state index < -0.39 is 0 Å². The number of hydrogen-bond acceptors (Lipinski definition) is 2. The normalized spacial score (nSPS) is 21.5. The topological polar surface area (TPSA) is 32.3 Å². The van der Waals surface area contributed by atoms with Gasteiger partial charge in [-0.1, -0.05) is 6.92 Å². The highest BCUT2D eigenvalue weighted by atomic mass is 32.2. The molecular formula is C11H22N2OS. The van der Waals surface area contributed by atoms with Gasteiger partial charge >= 0.3 is 6.03 Å². The number of nitrogens with one attached hydrogen (secondary N) is 1. The van der Waals surface area contributed by atoms with Gasteiger partial charge in [-0.3, -0.25) is 0 Å². The van der Waals surface area contributed by atoms with Gasteiger partial charge in [-0.25, -0.2) is 4.79 Å². The van der Waals surface area contributed by atoms with Gasteiger partial charge in [0, 0.05) is 19.6 Å². The molecule has 1 aliphatic heterocycles. The largest absolute Gasteiger partial charge is 0.338 e. The maximum absolute atomic E-state index is 11.7. The summed E-state index contributed by atoms with van der Waals surface area (Å²) in [5.74, 6) is 1.78. The fourth-order valence-electron chi connectivity index (χ4n) is 1.90. The molecule has 88 valence electrons. The smallest absolute Gasteiger partial charge is 0.317 e. The van der Waals surface area contributed by atoms with E-state index in [2.05, 4.69) is 18.5 Å². The van der Waals surface area contributed by atoms with Gasteiger partial charge in [0.1, 0.15) is 0 Å². The van der Waals surface area contributed by atoms with Crippen molar-refractivity contribution >= 4 is 17.8 Å². The molecule has 0 aromatic rings. The summed E-state index contributed by atoms with van der Waals surface area (Å²) in [6.45, 7) is 4.88. The predicted molar refractivity (Wildman–Crippen MR) is 66.4 cm³/mol. The molecule has 1 fully saturated rings. The molecule has 1 atom stereocenters. The first-order valence-corrected chi connectivity index (χ1v) is 7.15. The third kappa shape index (κ3) is 4.78. The van der Waals surface area contributed by atoms with Crippen LogP contribution in [-0.4, -0.2) is 42.6 Å². The van der Waals surface area contributed by atoms with E-state index in [0.717, 1.165) is 38.2 Å². The van der Waals surface area contributed by atoms with Gasteiger partial charge in [-0.05, 0) is 37.2 Å². The Kier molecular flexibility index (Phi) is 5.91. The van der Waals surface area contributed by atoms with Gasteiger partial charge in [0.2, 0.25) is 0 Å². The Balaban J connectivity index is 2.15.